The average Bonchev–Trinajstić information content (AvgIpc) is 2.48. The predicted molar refractivity (Wildman–Crippen MR) is 82.9 cm³/mol. The van der Waals surface area contributed by atoms with Gasteiger partial charge in [0.15, 0.2) is 0 Å². The number of carbonyl (C=O) groups is 1. The molecule has 2 rings (SSSR count). The number of likely N-dealkylation sites (tertiary alicyclic amines) is 1. The van der Waals surface area contributed by atoms with Crippen molar-refractivity contribution in [3.05, 3.63) is 0 Å². The van der Waals surface area contributed by atoms with Crippen molar-refractivity contribution in [1.29, 1.82) is 0 Å². The molecule has 1 saturated carbocycles. The van der Waals surface area contributed by atoms with Crippen molar-refractivity contribution < 1.29 is 4.79 Å². The Balaban J connectivity index is 1.72. The summed E-state index contributed by atoms with van der Waals surface area (Å²) in [5.74, 6) is 0.866. The molecule has 2 aliphatic rings. The molecule has 4 nitrogen and oxygen atoms in total. The number of rotatable bonds is 3. The fourth-order valence-electron chi connectivity index (χ4n) is 3.66. The molecule has 116 valence electrons. The molecule has 0 spiro atoms. The van der Waals surface area contributed by atoms with Crippen molar-refractivity contribution in [2.45, 2.75) is 64.0 Å². The van der Waals surface area contributed by atoms with Gasteiger partial charge in [0.1, 0.15) is 0 Å². The maximum atomic E-state index is 11.9. The van der Waals surface area contributed by atoms with Crippen LogP contribution in [0.4, 0.5) is 4.79 Å². The SMILES string of the molecule is CC(NC1CCN(C(=O)N(C)C)CC1)C1CCCCC1. The molecule has 1 N–H and O–H groups in total. The third kappa shape index (κ3) is 4.11. The van der Waals surface area contributed by atoms with E-state index >= 15 is 0 Å². The van der Waals surface area contributed by atoms with Crippen LogP contribution in [0.15, 0.2) is 0 Å². The van der Waals surface area contributed by atoms with E-state index in [0.29, 0.717) is 12.1 Å². The Bertz CT molecular complexity index is 305. The Morgan fingerprint density at radius 2 is 1.70 bits per heavy atom. The molecule has 2 fully saturated rings. The Morgan fingerprint density at radius 1 is 1.10 bits per heavy atom. The van der Waals surface area contributed by atoms with E-state index in [1.54, 1.807) is 4.90 Å². The molecule has 2 amide bonds. The van der Waals surface area contributed by atoms with Crippen molar-refractivity contribution in [2.24, 2.45) is 5.92 Å². The molecular weight excluding hydrogens is 250 g/mol. The molecular formula is C16H31N3O. The van der Waals surface area contributed by atoms with Crippen LogP contribution in [-0.2, 0) is 0 Å². The van der Waals surface area contributed by atoms with Gasteiger partial charge in [0.2, 0.25) is 0 Å². The number of urea groups is 1. The molecule has 1 aliphatic carbocycles. The van der Waals surface area contributed by atoms with Gasteiger partial charge in [-0.1, -0.05) is 19.3 Å². The second kappa shape index (κ2) is 7.30. The third-order valence-corrected chi connectivity index (χ3v) is 5.00. The smallest absolute Gasteiger partial charge is 0.319 e. The van der Waals surface area contributed by atoms with E-state index in [1.807, 2.05) is 19.0 Å². The Labute approximate surface area is 123 Å². The Morgan fingerprint density at radius 3 is 2.25 bits per heavy atom. The average molecular weight is 281 g/mol. The normalized spacial score (nSPS) is 23.6. The quantitative estimate of drug-likeness (QED) is 0.863. The summed E-state index contributed by atoms with van der Waals surface area (Å²) in [6, 6.07) is 1.39. The molecule has 1 atom stereocenters. The molecule has 1 saturated heterocycles. The monoisotopic (exact) mass is 281 g/mol. The zero-order valence-corrected chi connectivity index (χ0v) is 13.4. The minimum absolute atomic E-state index is 0.156. The summed E-state index contributed by atoms with van der Waals surface area (Å²) in [5.41, 5.74) is 0. The van der Waals surface area contributed by atoms with Crippen LogP contribution in [0.2, 0.25) is 0 Å². The van der Waals surface area contributed by atoms with Gasteiger partial charge in [-0.25, -0.2) is 4.79 Å². The number of nitrogens with zero attached hydrogens (tertiary/aromatic N) is 2. The Hall–Kier alpha value is -0.770. The number of carbonyl (C=O) groups excluding carboxylic acids is 1. The van der Waals surface area contributed by atoms with Gasteiger partial charge in [-0.3, -0.25) is 0 Å². The maximum absolute atomic E-state index is 11.9. The predicted octanol–water partition coefficient (Wildman–Crippen LogP) is 2.69. The lowest BCUT2D eigenvalue weighted by molar-refractivity contribution is 0.147. The summed E-state index contributed by atoms with van der Waals surface area (Å²) in [6.45, 7) is 4.14. The third-order valence-electron chi connectivity index (χ3n) is 5.00. The number of hydrogen-bond acceptors (Lipinski definition) is 2. The molecule has 20 heavy (non-hydrogen) atoms. The standard InChI is InChI=1S/C16H31N3O/c1-13(14-7-5-4-6-8-14)17-15-9-11-19(12-10-15)16(20)18(2)3/h13-15,17H,4-12H2,1-3H3. The highest BCUT2D eigenvalue weighted by molar-refractivity contribution is 5.73. The van der Waals surface area contributed by atoms with Crippen molar-refractivity contribution in [3.8, 4) is 0 Å². The summed E-state index contributed by atoms with van der Waals surface area (Å²) >= 11 is 0. The van der Waals surface area contributed by atoms with Crippen LogP contribution in [0.3, 0.4) is 0 Å². The fraction of sp³-hybridized carbons (Fsp3) is 0.938. The van der Waals surface area contributed by atoms with E-state index in [2.05, 4.69) is 12.2 Å². The lowest BCUT2D eigenvalue weighted by atomic mass is 9.84. The molecule has 1 heterocycles. The minimum Gasteiger partial charge on any atom is -0.331 e. The van der Waals surface area contributed by atoms with Crippen molar-refractivity contribution in [1.82, 2.24) is 15.1 Å². The van der Waals surface area contributed by atoms with Gasteiger partial charge >= 0.3 is 6.03 Å². The summed E-state index contributed by atoms with van der Waals surface area (Å²) in [7, 11) is 3.66. The summed E-state index contributed by atoms with van der Waals surface area (Å²) in [6.07, 6.45) is 9.22. The van der Waals surface area contributed by atoms with E-state index in [1.165, 1.54) is 32.1 Å². The molecule has 0 aromatic carbocycles. The zero-order valence-electron chi connectivity index (χ0n) is 13.4. The molecule has 0 radical (unpaired) electrons. The first-order valence-corrected chi connectivity index (χ1v) is 8.30. The first-order valence-electron chi connectivity index (χ1n) is 8.30. The zero-order chi connectivity index (χ0) is 14.5. The highest BCUT2D eigenvalue weighted by Crippen LogP contribution is 2.27. The summed E-state index contributed by atoms with van der Waals surface area (Å²) < 4.78 is 0. The molecule has 0 aromatic rings. The molecule has 1 unspecified atom stereocenters. The first kappa shape index (κ1) is 15.6. The van der Waals surface area contributed by atoms with Crippen LogP contribution in [-0.4, -0.2) is 55.1 Å². The molecule has 1 aliphatic heterocycles. The van der Waals surface area contributed by atoms with Crippen LogP contribution in [0.1, 0.15) is 51.9 Å². The lowest BCUT2D eigenvalue weighted by Gasteiger charge is -2.37. The number of nitrogens with one attached hydrogen (secondary N) is 1. The van der Waals surface area contributed by atoms with Gasteiger partial charge in [-0.15, -0.1) is 0 Å². The second-order valence-electron chi connectivity index (χ2n) is 6.79. The van der Waals surface area contributed by atoms with E-state index < -0.39 is 0 Å². The highest BCUT2D eigenvalue weighted by Gasteiger charge is 2.27. The van der Waals surface area contributed by atoms with Crippen LogP contribution in [0, 0.1) is 5.92 Å². The van der Waals surface area contributed by atoms with Crippen molar-refractivity contribution >= 4 is 6.03 Å². The number of piperidine rings is 1. The largest absolute Gasteiger partial charge is 0.331 e. The lowest BCUT2D eigenvalue weighted by Crippen LogP contribution is -2.50. The summed E-state index contributed by atoms with van der Waals surface area (Å²) in [5, 5.41) is 3.83. The van der Waals surface area contributed by atoms with E-state index in [4.69, 9.17) is 0 Å². The fourth-order valence-corrected chi connectivity index (χ4v) is 3.66. The van der Waals surface area contributed by atoms with Crippen molar-refractivity contribution in [3.63, 3.8) is 0 Å². The first-order chi connectivity index (χ1) is 9.58. The van der Waals surface area contributed by atoms with Crippen LogP contribution in [0.25, 0.3) is 0 Å². The summed E-state index contributed by atoms with van der Waals surface area (Å²) in [4.78, 5) is 15.6. The topological polar surface area (TPSA) is 35.6 Å². The van der Waals surface area contributed by atoms with Crippen molar-refractivity contribution in [2.75, 3.05) is 27.2 Å². The van der Waals surface area contributed by atoms with E-state index in [-0.39, 0.29) is 6.03 Å². The molecule has 0 bridgehead atoms. The van der Waals surface area contributed by atoms with E-state index in [9.17, 15) is 4.79 Å². The van der Waals surface area contributed by atoms with Gasteiger partial charge in [0.05, 0.1) is 0 Å². The second-order valence-corrected chi connectivity index (χ2v) is 6.79. The number of hydrogen-bond donors (Lipinski definition) is 1. The van der Waals surface area contributed by atoms with Gasteiger partial charge in [-0.05, 0) is 38.5 Å². The Kier molecular flexibility index (Phi) is 5.70. The van der Waals surface area contributed by atoms with Crippen LogP contribution < -0.4 is 5.32 Å². The molecule has 0 aromatic heterocycles. The molecule has 4 heteroatoms. The van der Waals surface area contributed by atoms with Gasteiger partial charge < -0.3 is 15.1 Å². The van der Waals surface area contributed by atoms with Gasteiger partial charge in [0.25, 0.3) is 0 Å². The number of amides is 2. The van der Waals surface area contributed by atoms with Crippen LogP contribution >= 0.6 is 0 Å². The van der Waals surface area contributed by atoms with Gasteiger partial charge in [0, 0.05) is 39.3 Å². The van der Waals surface area contributed by atoms with Gasteiger partial charge in [-0.2, -0.15) is 0 Å². The van der Waals surface area contributed by atoms with Crippen LogP contribution in [0.5, 0.6) is 0 Å². The minimum atomic E-state index is 0.156. The van der Waals surface area contributed by atoms with E-state index in [0.717, 1.165) is 31.8 Å². The highest BCUT2D eigenvalue weighted by atomic mass is 16.2. The maximum Gasteiger partial charge on any atom is 0.319 e.